The molecular weight excluding hydrogens is 424 g/mol. The molecule has 0 bridgehead atoms. The van der Waals surface area contributed by atoms with E-state index in [1.165, 1.54) is 54.3 Å². The summed E-state index contributed by atoms with van der Waals surface area (Å²) in [4.78, 5) is 12.5. The van der Waals surface area contributed by atoms with Crippen molar-refractivity contribution in [3.63, 3.8) is 0 Å². The monoisotopic (exact) mass is 458 g/mol. The summed E-state index contributed by atoms with van der Waals surface area (Å²) in [5.41, 5.74) is 10.5. The number of thioether (sulfide) groups is 1. The van der Waals surface area contributed by atoms with Gasteiger partial charge in [0.15, 0.2) is 4.34 Å². The highest BCUT2D eigenvalue weighted by molar-refractivity contribution is 8.01. The van der Waals surface area contributed by atoms with Gasteiger partial charge in [-0.15, -0.1) is 10.2 Å². The highest BCUT2D eigenvalue weighted by Crippen LogP contribution is 2.57. The van der Waals surface area contributed by atoms with E-state index in [0.717, 1.165) is 17.3 Å². The number of aromatic nitrogens is 2. The molecular formula is C24H34N4OS2. The second-order valence-electron chi connectivity index (χ2n) is 10.1. The molecule has 7 heteroatoms. The maximum Gasteiger partial charge on any atom is 0.230 e. The Bertz CT molecular complexity index is 959. The van der Waals surface area contributed by atoms with Crippen LogP contribution in [0.1, 0.15) is 76.0 Å². The summed E-state index contributed by atoms with van der Waals surface area (Å²) in [6.07, 6.45) is 5.98. The van der Waals surface area contributed by atoms with Gasteiger partial charge in [-0.3, -0.25) is 4.79 Å². The van der Waals surface area contributed by atoms with Crippen molar-refractivity contribution in [1.29, 1.82) is 0 Å². The van der Waals surface area contributed by atoms with Crippen molar-refractivity contribution in [3.05, 3.63) is 34.9 Å². The number of benzene rings is 1. The van der Waals surface area contributed by atoms with E-state index in [0.29, 0.717) is 22.7 Å². The Morgan fingerprint density at radius 1 is 1.32 bits per heavy atom. The smallest absolute Gasteiger partial charge is 0.230 e. The predicted octanol–water partition coefficient (Wildman–Crippen LogP) is 5.16. The number of fused-ring (bicyclic) bond motifs is 3. The van der Waals surface area contributed by atoms with Crippen LogP contribution in [0, 0.1) is 11.3 Å². The molecule has 0 radical (unpaired) electrons. The van der Waals surface area contributed by atoms with Gasteiger partial charge in [-0.05, 0) is 65.0 Å². The molecule has 1 aromatic carbocycles. The molecule has 3 atom stereocenters. The molecule has 168 valence electrons. The number of hydrogen-bond acceptors (Lipinski definition) is 6. The van der Waals surface area contributed by atoms with E-state index in [1.54, 1.807) is 11.1 Å². The molecule has 1 fully saturated rings. The van der Waals surface area contributed by atoms with Crippen molar-refractivity contribution in [2.45, 2.75) is 75.5 Å². The van der Waals surface area contributed by atoms with Gasteiger partial charge in [0.1, 0.15) is 0 Å². The topological polar surface area (TPSA) is 80.9 Å². The Morgan fingerprint density at radius 3 is 2.84 bits per heavy atom. The lowest BCUT2D eigenvalue weighted by molar-refractivity contribution is -0.119. The first-order valence-corrected chi connectivity index (χ1v) is 13.1. The number of amides is 1. The number of carbonyl (C=O) groups is 1. The minimum Gasteiger partial charge on any atom is -0.374 e. The molecule has 0 spiro atoms. The van der Waals surface area contributed by atoms with Crippen LogP contribution in [0.25, 0.3) is 0 Å². The fourth-order valence-corrected chi connectivity index (χ4v) is 7.44. The molecule has 3 unspecified atom stereocenters. The fourth-order valence-electron chi connectivity index (χ4n) is 5.97. The van der Waals surface area contributed by atoms with Gasteiger partial charge >= 0.3 is 0 Å². The first-order valence-electron chi connectivity index (χ1n) is 11.3. The Morgan fingerprint density at radius 2 is 2.13 bits per heavy atom. The summed E-state index contributed by atoms with van der Waals surface area (Å²) in [7, 11) is 0. The minimum absolute atomic E-state index is 0.0602. The van der Waals surface area contributed by atoms with Crippen molar-refractivity contribution in [3.8, 4) is 0 Å². The van der Waals surface area contributed by atoms with Gasteiger partial charge in [0.25, 0.3) is 0 Å². The summed E-state index contributed by atoms with van der Waals surface area (Å²) in [6, 6.07) is 7.19. The zero-order chi connectivity index (χ0) is 22.2. The minimum atomic E-state index is 0.0602. The lowest BCUT2D eigenvalue weighted by atomic mass is 9.49. The van der Waals surface area contributed by atoms with Gasteiger partial charge in [-0.2, -0.15) is 0 Å². The van der Waals surface area contributed by atoms with Crippen LogP contribution in [0.2, 0.25) is 0 Å². The van der Waals surface area contributed by atoms with Crippen LogP contribution in [0.5, 0.6) is 0 Å². The number of hydrogen-bond donors (Lipinski definition) is 2. The molecule has 1 saturated carbocycles. The SMILES string of the molecule is CC(C)c1ccc2c(c1)CCC1C(C)(CNC(=O)CSc3nnc(N)s3)CCCC21C. The average Bonchev–Trinajstić information content (AvgIpc) is 3.15. The van der Waals surface area contributed by atoms with Crippen molar-refractivity contribution in [2.24, 2.45) is 11.3 Å². The fraction of sp³-hybridized carbons (Fsp3) is 0.625. The first kappa shape index (κ1) is 22.6. The number of rotatable bonds is 6. The van der Waals surface area contributed by atoms with Gasteiger partial charge in [0, 0.05) is 6.54 Å². The zero-order valence-electron chi connectivity index (χ0n) is 19.0. The molecule has 3 N–H and O–H groups in total. The molecule has 1 heterocycles. The number of nitrogens with two attached hydrogens (primary N) is 1. The third-order valence-corrected chi connectivity index (χ3v) is 9.49. The maximum atomic E-state index is 12.5. The Hall–Kier alpha value is -1.60. The standard InChI is InChI=1S/C24H34N4OS2/c1-15(2)16-6-8-18-17(12-16)7-9-19-23(3,10-5-11-24(18,19)4)14-26-20(29)13-30-22-28-27-21(25)31-22/h6,8,12,15,19H,5,7,9-11,13-14H2,1-4H3,(H2,25,27)(H,26,29). The van der Waals surface area contributed by atoms with E-state index < -0.39 is 0 Å². The van der Waals surface area contributed by atoms with Crippen LogP contribution in [0.4, 0.5) is 5.13 Å². The summed E-state index contributed by atoms with van der Waals surface area (Å²) >= 11 is 2.73. The normalized spacial score (nSPS) is 27.6. The maximum absolute atomic E-state index is 12.5. The van der Waals surface area contributed by atoms with E-state index in [2.05, 4.69) is 61.4 Å². The number of carbonyl (C=O) groups excluding carboxylic acids is 1. The van der Waals surface area contributed by atoms with Crippen LogP contribution in [0.15, 0.2) is 22.5 Å². The molecule has 31 heavy (non-hydrogen) atoms. The quantitative estimate of drug-likeness (QED) is 0.584. The van der Waals surface area contributed by atoms with Crippen LogP contribution in [-0.4, -0.2) is 28.4 Å². The second-order valence-corrected chi connectivity index (χ2v) is 12.3. The second kappa shape index (κ2) is 8.74. The number of nitrogens with one attached hydrogen (secondary N) is 1. The third-order valence-electron chi connectivity index (χ3n) is 7.61. The van der Waals surface area contributed by atoms with E-state index in [9.17, 15) is 4.79 Å². The highest BCUT2D eigenvalue weighted by atomic mass is 32.2. The van der Waals surface area contributed by atoms with Gasteiger partial charge in [-0.1, -0.05) is 75.4 Å². The molecule has 2 aliphatic carbocycles. The average molecular weight is 459 g/mol. The molecule has 2 aromatic rings. The van der Waals surface area contributed by atoms with Crippen LogP contribution in [-0.2, 0) is 16.6 Å². The molecule has 2 aliphatic rings. The Kier molecular flexibility index (Phi) is 6.37. The Labute approximate surface area is 194 Å². The van der Waals surface area contributed by atoms with Crippen molar-refractivity contribution < 1.29 is 4.79 Å². The van der Waals surface area contributed by atoms with E-state index >= 15 is 0 Å². The van der Waals surface area contributed by atoms with E-state index in [4.69, 9.17) is 5.73 Å². The molecule has 1 amide bonds. The summed E-state index contributed by atoms with van der Waals surface area (Å²) in [5.74, 6) is 1.57. The lowest BCUT2D eigenvalue weighted by Gasteiger charge is -2.55. The van der Waals surface area contributed by atoms with Crippen molar-refractivity contribution in [1.82, 2.24) is 15.5 Å². The summed E-state index contributed by atoms with van der Waals surface area (Å²) < 4.78 is 0.744. The van der Waals surface area contributed by atoms with Crippen molar-refractivity contribution in [2.75, 3.05) is 18.0 Å². The number of nitrogens with zero attached hydrogens (tertiary/aromatic N) is 2. The lowest BCUT2D eigenvalue weighted by Crippen LogP contribution is -2.53. The zero-order valence-corrected chi connectivity index (χ0v) is 20.7. The van der Waals surface area contributed by atoms with Gasteiger partial charge < -0.3 is 11.1 Å². The Balaban J connectivity index is 1.45. The van der Waals surface area contributed by atoms with Crippen LogP contribution < -0.4 is 11.1 Å². The third kappa shape index (κ3) is 4.49. The molecule has 4 rings (SSSR count). The molecule has 5 nitrogen and oxygen atoms in total. The molecule has 1 aromatic heterocycles. The molecule has 0 aliphatic heterocycles. The van der Waals surface area contributed by atoms with Crippen molar-refractivity contribution >= 4 is 34.1 Å². The molecule has 0 saturated heterocycles. The number of aryl methyl sites for hydroxylation is 1. The van der Waals surface area contributed by atoms with Gasteiger partial charge in [0.05, 0.1) is 5.75 Å². The summed E-state index contributed by atoms with van der Waals surface area (Å²) in [5, 5.41) is 11.5. The summed E-state index contributed by atoms with van der Waals surface area (Å²) in [6.45, 7) is 10.1. The highest BCUT2D eigenvalue weighted by Gasteiger charge is 2.51. The van der Waals surface area contributed by atoms with Gasteiger partial charge in [-0.25, -0.2) is 0 Å². The van der Waals surface area contributed by atoms with E-state index in [1.807, 2.05) is 0 Å². The van der Waals surface area contributed by atoms with Gasteiger partial charge in [0.2, 0.25) is 11.0 Å². The largest absolute Gasteiger partial charge is 0.374 e. The number of anilines is 1. The van der Waals surface area contributed by atoms with E-state index in [-0.39, 0.29) is 16.7 Å². The first-order chi connectivity index (χ1) is 14.7. The predicted molar refractivity (Wildman–Crippen MR) is 130 cm³/mol. The van der Waals surface area contributed by atoms with Crippen LogP contribution in [0.3, 0.4) is 0 Å². The van der Waals surface area contributed by atoms with Crippen LogP contribution >= 0.6 is 23.1 Å². The number of nitrogen functional groups attached to an aromatic ring is 1.